The van der Waals surface area contributed by atoms with Crippen LogP contribution in [0.1, 0.15) is 0 Å². The molecule has 1 aliphatic heterocycles. The molecule has 2 amide bonds. The molecule has 0 aromatic heterocycles. The van der Waals surface area contributed by atoms with Gasteiger partial charge in [0.2, 0.25) is 0 Å². The molecule has 14 heavy (non-hydrogen) atoms. The van der Waals surface area contributed by atoms with Gasteiger partial charge in [-0.15, -0.1) is 0 Å². The van der Waals surface area contributed by atoms with Gasteiger partial charge in [0, 0.05) is 13.8 Å². The SMILES string of the molecule is COP(C)(=O)N1CC(NC(=O)O)C1=O. The first-order valence-corrected chi connectivity index (χ1v) is 5.85. The van der Waals surface area contributed by atoms with Crippen LogP contribution in [0.25, 0.3) is 0 Å². The van der Waals surface area contributed by atoms with E-state index in [9.17, 15) is 14.2 Å². The fraction of sp³-hybridized carbons (Fsp3) is 0.667. The van der Waals surface area contributed by atoms with Crippen LogP contribution in [0, 0.1) is 0 Å². The van der Waals surface area contributed by atoms with Crippen molar-refractivity contribution in [3.63, 3.8) is 0 Å². The Morgan fingerprint density at radius 1 is 1.79 bits per heavy atom. The molecule has 0 aliphatic carbocycles. The van der Waals surface area contributed by atoms with Gasteiger partial charge >= 0.3 is 6.09 Å². The minimum absolute atomic E-state index is 0.0900. The molecule has 1 heterocycles. The quantitative estimate of drug-likeness (QED) is 0.514. The van der Waals surface area contributed by atoms with Crippen molar-refractivity contribution >= 4 is 19.5 Å². The van der Waals surface area contributed by atoms with Crippen molar-refractivity contribution in [3.05, 3.63) is 0 Å². The normalized spacial score (nSPS) is 25.1. The molecule has 0 saturated carbocycles. The first kappa shape index (κ1) is 11.0. The van der Waals surface area contributed by atoms with Gasteiger partial charge in [-0.1, -0.05) is 0 Å². The van der Waals surface area contributed by atoms with Gasteiger partial charge in [-0.2, -0.15) is 0 Å². The first-order chi connectivity index (χ1) is 6.38. The smallest absolute Gasteiger partial charge is 0.405 e. The van der Waals surface area contributed by atoms with E-state index in [4.69, 9.17) is 5.11 Å². The van der Waals surface area contributed by atoms with Gasteiger partial charge in [0.15, 0.2) is 0 Å². The number of carbonyl (C=O) groups is 2. The minimum Gasteiger partial charge on any atom is -0.465 e. The third-order valence-corrected chi connectivity index (χ3v) is 3.90. The summed E-state index contributed by atoms with van der Waals surface area (Å²) in [6, 6.07) is -0.795. The van der Waals surface area contributed by atoms with Crippen LogP contribution in [0.5, 0.6) is 0 Å². The van der Waals surface area contributed by atoms with E-state index in [1.54, 1.807) is 0 Å². The summed E-state index contributed by atoms with van der Waals surface area (Å²) in [4.78, 5) is 21.4. The predicted octanol–water partition coefficient (Wildman–Crippen LogP) is -0.0659. The molecule has 1 saturated heterocycles. The van der Waals surface area contributed by atoms with Crippen LogP contribution in [-0.2, 0) is 13.9 Å². The van der Waals surface area contributed by atoms with E-state index in [0.29, 0.717) is 0 Å². The average Bonchev–Trinajstić information content (AvgIpc) is 2.10. The summed E-state index contributed by atoms with van der Waals surface area (Å²) in [5.74, 6) is -0.514. The molecule has 0 radical (unpaired) electrons. The summed E-state index contributed by atoms with van der Waals surface area (Å²) >= 11 is 0. The van der Waals surface area contributed by atoms with E-state index < -0.39 is 25.6 Å². The van der Waals surface area contributed by atoms with E-state index in [1.807, 2.05) is 5.32 Å². The average molecular weight is 222 g/mol. The van der Waals surface area contributed by atoms with Gasteiger partial charge in [0.1, 0.15) is 6.04 Å². The van der Waals surface area contributed by atoms with E-state index in [2.05, 4.69) is 4.52 Å². The second-order valence-electron chi connectivity index (χ2n) is 2.91. The second kappa shape index (κ2) is 3.59. The van der Waals surface area contributed by atoms with Crippen LogP contribution < -0.4 is 5.32 Å². The molecule has 2 N–H and O–H groups in total. The van der Waals surface area contributed by atoms with Crippen molar-refractivity contribution in [1.29, 1.82) is 0 Å². The van der Waals surface area contributed by atoms with Crippen molar-refractivity contribution in [2.45, 2.75) is 6.04 Å². The number of β-lactam (4-membered cyclic amide) rings is 1. The highest BCUT2D eigenvalue weighted by molar-refractivity contribution is 7.56. The lowest BCUT2D eigenvalue weighted by atomic mass is 10.2. The highest BCUT2D eigenvalue weighted by atomic mass is 31.2. The van der Waals surface area contributed by atoms with Gasteiger partial charge < -0.3 is 14.9 Å². The van der Waals surface area contributed by atoms with Crippen molar-refractivity contribution in [3.8, 4) is 0 Å². The molecule has 1 aliphatic rings. The van der Waals surface area contributed by atoms with Gasteiger partial charge in [0.05, 0.1) is 6.54 Å². The summed E-state index contributed by atoms with van der Waals surface area (Å²) in [6.07, 6.45) is -1.27. The molecular weight excluding hydrogens is 211 g/mol. The Labute approximate surface area is 80.5 Å². The largest absolute Gasteiger partial charge is 0.465 e. The Kier molecular flexibility index (Phi) is 2.82. The number of carbonyl (C=O) groups excluding carboxylic acids is 1. The Morgan fingerprint density at radius 2 is 2.36 bits per heavy atom. The van der Waals surface area contributed by atoms with Crippen LogP contribution in [0.2, 0.25) is 0 Å². The third-order valence-electron chi connectivity index (χ3n) is 1.98. The summed E-state index contributed by atoms with van der Waals surface area (Å²) in [6.45, 7) is 1.40. The number of rotatable bonds is 3. The van der Waals surface area contributed by atoms with Crippen molar-refractivity contribution in [2.24, 2.45) is 0 Å². The van der Waals surface area contributed by atoms with E-state index in [-0.39, 0.29) is 6.54 Å². The number of nitrogens with one attached hydrogen (secondary N) is 1. The van der Waals surface area contributed by atoms with Crippen LogP contribution in [-0.4, -0.2) is 48.1 Å². The maximum Gasteiger partial charge on any atom is 0.405 e. The maximum atomic E-state index is 11.5. The number of nitrogens with zero attached hydrogens (tertiary/aromatic N) is 1. The fourth-order valence-corrected chi connectivity index (χ4v) is 2.25. The molecule has 1 fully saturated rings. The molecule has 8 heteroatoms. The van der Waals surface area contributed by atoms with Crippen LogP contribution in [0.4, 0.5) is 4.79 Å². The monoisotopic (exact) mass is 222 g/mol. The van der Waals surface area contributed by atoms with E-state index in [1.165, 1.54) is 13.8 Å². The van der Waals surface area contributed by atoms with E-state index >= 15 is 0 Å². The highest BCUT2D eigenvalue weighted by Crippen LogP contribution is 2.49. The Hall–Kier alpha value is -1.07. The number of hydrogen-bond donors (Lipinski definition) is 2. The minimum atomic E-state index is -3.06. The molecule has 0 aromatic rings. The molecule has 0 spiro atoms. The molecule has 7 nitrogen and oxygen atoms in total. The van der Waals surface area contributed by atoms with Crippen molar-refractivity contribution in [2.75, 3.05) is 20.3 Å². The van der Waals surface area contributed by atoms with E-state index in [0.717, 1.165) is 4.67 Å². The third kappa shape index (κ3) is 1.88. The zero-order chi connectivity index (χ0) is 10.9. The molecular formula is C6H11N2O5P. The van der Waals surface area contributed by atoms with Crippen LogP contribution >= 0.6 is 7.52 Å². The molecule has 2 atom stereocenters. The van der Waals surface area contributed by atoms with Gasteiger partial charge in [-0.3, -0.25) is 14.0 Å². The fourth-order valence-electron chi connectivity index (χ4n) is 1.09. The zero-order valence-corrected chi connectivity index (χ0v) is 8.65. The van der Waals surface area contributed by atoms with Crippen molar-refractivity contribution < 1.29 is 23.8 Å². The Bertz CT molecular complexity index is 317. The molecule has 2 unspecified atom stereocenters. The van der Waals surface area contributed by atoms with Gasteiger partial charge in [0.25, 0.3) is 13.4 Å². The van der Waals surface area contributed by atoms with Crippen molar-refractivity contribution in [1.82, 2.24) is 9.99 Å². The lowest BCUT2D eigenvalue weighted by Gasteiger charge is -2.40. The van der Waals surface area contributed by atoms with Crippen LogP contribution in [0.15, 0.2) is 0 Å². The Morgan fingerprint density at radius 3 is 2.71 bits per heavy atom. The summed E-state index contributed by atoms with van der Waals surface area (Å²) in [7, 11) is -1.82. The molecule has 0 bridgehead atoms. The lowest BCUT2D eigenvalue weighted by Crippen LogP contribution is -2.62. The topological polar surface area (TPSA) is 95.9 Å². The summed E-state index contributed by atoms with van der Waals surface area (Å²) in [5, 5.41) is 10.3. The summed E-state index contributed by atoms with van der Waals surface area (Å²) < 4.78 is 17.2. The lowest BCUT2D eigenvalue weighted by molar-refractivity contribution is -0.137. The number of hydrogen-bond acceptors (Lipinski definition) is 4. The maximum absolute atomic E-state index is 11.5. The first-order valence-electron chi connectivity index (χ1n) is 3.83. The molecule has 1 rings (SSSR count). The number of carboxylic acid groups (broad SMARTS) is 1. The Balaban J connectivity index is 2.56. The molecule has 80 valence electrons. The predicted molar refractivity (Wildman–Crippen MR) is 47.2 cm³/mol. The van der Waals surface area contributed by atoms with Gasteiger partial charge in [-0.25, -0.2) is 4.79 Å². The summed E-state index contributed by atoms with van der Waals surface area (Å²) in [5.41, 5.74) is 0. The van der Waals surface area contributed by atoms with Crippen LogP contribution in [0.3, 0.4) is 0 Å². The van der Waals surface area contributed by atoms with Gasteiger partial charge in [-0.05, 0) is 0 Å². The standard InChI is InChI=1S/C6H11N2O5P/c1-13-14(2,12)8-3-4(5(8)9)7-6(10)11/h4,7H,3H2,1-2H3,(H,10,11). The molecule has 0 aromatic carbocycles. The second-order valence-corrected chi connectivity index (χ2v) is 5.36. The highest BCUT2D eigenvalue weighted by Gasteiger charge is 2.45. The zero-order valence-electron chi connectivity index (χ0n) is 7.76. The number of amides is 2.